The van der Waals surface area contributed by atoms with Crippen LogP contribution in [0.25, 0.3) is 10.8 Å². The first kappa shape index (κ1) is 35.0. The molecule has 4 aromatic rings. The molecule has 0 bridgehead atoms. The van der Waals surface area contributed by atoms with Gasteiger partial charge >= 0.3 is 6.09 Å². The molecule has 3 N–H and O–H groups in total. The molecule has 248 valence electrons. The van der Waals surface area contributed by atoms with Crippen LogP contribution in [0.4, 0.5) is 10.5 Å². The summed E-state index contributed by atoms with van der Waals surface area (Å²) in [6.45, 7) is 7.66. The van der Waals surface area contributed by atoms with Gasteiger partial charge in [0.2, 0.25) is 5.91 Å². The molecular weight excluding hydrogens is 590 g/mol. The number of unbranched alkanes of at least 4 members (excludes halogenated alkanes) is 4. The molecule has 0 radical (unpaired) electrons. The van der Waals surface area contributed by atoms with Crippen molar-refractivity contribution in [3.63, 3.8) is 0 Å². The van der Waals surface area contributed by atoms with Gasteiger partial charge in [-0.2, -0.15) is 0 Å². The van der Waals surface area contributed by atoms with E-state index in [0.29, 0.717) is 17.7 Å². The number of carbonyl (C=O) groups excluding carboxylic acids is 3. The molecule has 0 aliphatic rings. The molecule has 2 unspecified atom stereocenters. The Morgan fingerprint density at radius 3 is 2.17 bits per heavy atom. The van der Waals surface area contributed by atoms with Crippen molar-refractivity contribution in [3.05, 3.63) is 108 Å². The van der Waals surface area contributed by atoms with Gasteiger partial charge in [-0.15, -0.1) is 0 Å². The second-order valence-electron chi connectivity index (χ2n) is 12.8. The standard InChI is InChI=1S/C39H47N3O5/c1-5-6-7-8-16-25-42(37(45)33(26-28-17-10-9-11-18-28)41-38(46)47-39(2,3)4)35(32-21-14-15-22-34(32)43)36(44)40-31-24-23-29-19-12-13-20-30(29)27-31/h9-15,17-24,27,33,35,43H,5-8,16,25-26H2,1-4H3,(H,40,44)(H,41,46). The number of benzene rings is 4. The van der Waals surface area contributed by atoms with Gasteiger partial charge in [-0.05, 0) is 61.7 Å². The van der Waals surface area contributed by atoms with Crippen LogP contribution in [0, 0.1) is 0 Å². The van der Waals surface area contributed by atoms with Crippen molar-refractivity contribution in [2.24, 2.45) is 0 Å². The lowest BCUT2D eigenvalue weighted by molar-refractivity contribution is -0.141. The molecule has 0 heterocycles. The Hall–Kier alpha value is -4.85. The Morgan fingerprint density at radius 2 is 1.47 bits per heavy atom. The summed E-state index contributed by atoms with van der Waals surface area (Å²) in [5, 5.41) is 18.8. The van der Waals surface area contributed by atoms with Gasteiger partial charge in [0.15, 0.2) is 0 Å². The monoisotopic (exact) mass is 637 g/mol. The lowest BCUT2D eigenvalue weighted by Crippen LogP contribution is -2.53. The van der Waals surface area contributed by atoms with Crippen LogP contribution < -0.4 is 10.6 Å². The number of para-hydroxylation sites is 1. The van der Waals surface area contributed by atoms with E-state index in [1.807, 2.05) is 72.8 Å². The summed E-state index contributed by atoms with van der Waals surface area (Å²) in [5.74, 6) is -1.02. The number of nitrogens with one attached hydrogen (secondary N) is 2. The van der Waals surface area contributed by atoms with Gasteiger partial charge in [-0.1, -0.05) is 111 Å². The first-order chi connectivity index (χ1) is 22.6. The van der Waals surface area contributed by atoms with Gasteiger partial charge in [-0.25, -0.2) is 4.79 Å². The van der Waals surface area contributed by atoms with Gasteiger partial charge in [0, 0.05) is 24.2 Å². The summed E-state index contributed by atoms with van der Waals surface area (Å²) >= 11 is 0. The van der Waals surface area contributed by atoms with Gasteiger partial charge in [0.25, 0.3) is 5.91 Å². The fraction of sp³-hybridized carbons (Fsp3) is 0.359. The summed E-state index contributed by atoms with van der Waals surface area (Å²) in [7, 11) is 0. The minimum Gasteiger partial charge on any atom is -0.508 e. The molecule has 0 aliphatic heterocycles. The zero-order valence-electron chi connectivity index (χ0n) is 27.9. The van der Waals surface area contributed by atoms with Crippen molar-refractivity contribution < 1.29 is 24.2 Å². The normalized spacial score (nSPS) is 12.6. The molecule has 0 aromatic heterocycles. The van der Waals surface area contributed by atoms with Crippen molar-refractivity contribution in [3.8, 4) is 5.75 Å². The number of fused-ring (bicyclic) bond motifs is 1. The molecule has 0 aliphatic carbocycles. The topological polar surface area (TPSA) is 108 Å². The van der Waals surface area contributed by atoms with Gasteiger partial charge in [-0.3, -0.25) is 9.59 Å². The van der Waals surface area contributed by atoms with Gasteiger partial charge in [0.1, 0.15) is 23.4 Å². The van der Waals surface area contributed by atoms with Crippen LogP contribution in [0.2, 0.25) is 0 Å². The molecule has 3 amide bonds. The molecule has 47 heavy (non-hydrogen) atoms. The summed E-state index contributed by atoms with van der Waals surface area (Å²) in [5.41, 5.74) is 0.923. The van der Waals surface area contributed by atoms with Crippen LogP contribution in [0.1, 0.15) is 77.0 Å². The van der Waals surface area contributed by atoms with Crippen molar-refractivity contribution in [1.82, 2.24) is 10.2 Å². The van der Waals surface area contributed by atoms with Crippen LogP contribution in [-0.4, -0.2) is 46.1 Å². The minimum atomic E-state index is -1.18. The number of nitrogens with zero attached hydrogens (tertiary/aromatic N) is 1. The quantitative estimate of drug-likeness (QED) is 0.121. The highest BCUT2D eigenvalue weighted by atomic mass is 16.6. The second-order valence-corrected chi connectivity index (χ2v) is 12.8. The zero-order chi connectivity index (χ0) is 33.8. The molecule has 8 heteroatoms. The third-order valence-electron chi connectivity index (χ3n) is 7.87. The molecule has 0 spiro atoms. The average molecular weight is 638 g/mol. The molecule has 8 nitrogen and oxygen atoms in total. The lowest BCUT2D eigenvalue weighted by Gasteiger charge is -2.35. The summed E-state index contributed by atoms with van der Waals surface area (Å²) in [6.07, 6.45) is 4.09. The summed E-state index contributed by atoms with van der Waals surface area (Å²) < 4.78 is 5.55. The van der Waals surface area contributed by atoms with Crippen molar-refractivity contribution in [2.75, 3.05) is 11.9 Å². The van der Waals surface area contributed by atoms with E-state index < -0.39 is 35.6 Å². The van der Waals surface area contributed by atoms with E-state index in [9.17, 15) is 19.5 Å². The second kappa shape index (κ2) is 16.6. The number of anilines is 1. The number of amides is 3. The number of hydrogen-bond donors (Lipinski definition) is 3. The molecule has 4 aromatic carbocycles. The number of phenolic OH excluding ortho intramolecular Hbond substituents is 1. The number of alkyl carbamates (subject to hydrolysis) is 1. The third-order valence-corrected chi connectivity index (χ3v) is 7.87. The van der Waals surface area contributed by atoms with E-state index in [1.54, 1.807) is 39.0 Å². The summed E-state index contributed by atoms with van der Waals surface area (Å²) in [6, 6.07) is 27.2. The number of carbonyl (C=O) groups is 3. The number of ether oxygens (including phenoxy) is 1. The predicted molar refractivity (Wildman–Crippen MR) is 187 cm³/mol. The van der Waals surface area contributed by atoms with Crippen LogP contribution in [0.3, 0.4) is 0 Å². The average Bonchev–Trinajstić information content (AvgIpc) is 3.03. The van der Waals surface area contributed by atoms with Gasteiger partial charge < -0.3 is 25.4 Å². The third kappa shape index (κ3) is 10.3. The van der Waals surface area contributed by atoms with E-state index >= 15 is 0 Å². The van der Waals surface area contributed by atoms with Gasteiger partial charge in [0.05, 0.1) is 0 Å². The Labute approximate surface area is 278 Å². The Kier molecular flexibility index (Phi) is 12.4. The van der Waals surface area contributed by atoms with E-state index in [2.05, 4.69) is 17.6 Å². The largest absolute Gasteiger partial charge is 0.508 e. The molecule has 0 saturated heterocycles. The fourth-order valence-electron chi connectivity index (χ4n) is 5.60. The lowest BCUT2D eigenvalue weighted by atomic mass is 9.98. The van der Waals surface area contributed by atoms with Crippen molar-refractivity contribution in [2.45, 2.75) is 83.9 Å². The smallest absolute Gasteiger partial charge is 0.408 e. The maximum absolute atomic E-state index is 14.7. The molecule has 4 rings (SSSR count). The highest BCUT2D eigenvalue weighted by molar-refractivity contribution is 6.00. The van der Waals surface area contributed by atoms with Crippen molar-refractivity contribution >= 4 is 34.4 Å². The SMILES string of the molecule is CCCCCCCN(C(=O)C(Cc1ccccc1)NC(=O)OC(C)(C)C)C(C(=O)Nc1ccc2ccccc2c1)c1ccccc1O. The summed E-state index contributed by atoms with van der Waals surface area (Å²) in [4.78, 5) is 43.6. The molecule has 0 fully saturated rings. The molecule has 0 saturated carbocycles. The number of hydrogen-bond acceptors (Lipinski definition) is 5. The number of phenols is 1. The Bertz CT molecular complexity index is 1630. The molecule has 2 atom stereocenters. The van der Waals surface area contributed by atoms with Crippen LogP contribution in [0.5, 0.6) is 5.75 Å². The zero-order valence-corrected chi connectivity index (χ0v) is 27.9. The van der Waals surface area contributed by atoms with E-state index in [1.165, 1.54) is 11.0 Å². The first-order valence-electron chi connectivity index (χ1n) is 16.5. The van der Waals surface area contributed by atoms with Crippen LogP contribution in [-0.2, 0) is 20.7 Å². The first-order valence-corrected chi connectivity index (χ1v) is 16.5. The van der Waals surface area contributed by atoms with Crippen LogP contribution >= 0.6 is 0 Å². The highest BCUT2D eigenvalue weighted by Gasteiger charge is 2.37. The van der Waals surface area contributed by atoms with E-state index in [4.69, 9.17) is 4.74 Å². The fourth-order valence-corrected chi connectivity index (χ4v) is 5.60. The maximum atomic E-state index is 14.7. The Balaban J connectivity index is 1.74. The minimum absolute atomic E-state index is 0.102. The number of aromatic hydroxyl groups is 1. The van der Waals surface area contributed by atoms with Crippen LogP contribution in [0.15, 0.2) is 97.1 Å². The highest BCUT2D eigenvalue weighted by Crippen LogP contribution is 2.32. The van der Waals surface area contributed by atoms with E-state index in [0.717, 1.165) is 42.0 Å². The predicted octanol–water partition coefficient (Wildman–Crippen LogP) is 8.16. The van der Waals surface area contributed by atoms with E-state index in [-0.39, 0.29) is 18.7 Å². The number of rotatable bonds is 14. The maximum Gasteiger partial charge on any atom is 0.408 e. The van der Waals surface area contributed by atoms with Crippen molar-refractivity contribution in [1.29, 1.82) is 0 Å². The molecular formula is C39H47N3O5. The Morgan fingerprint density at radius 1 is 0.809 bits per heavy atom.